The summed E-state index contributed by atoms with van der Waals surface area (Å²) in [5.41, 5.74) is 6.23. The molecule has 1 rings (SSSR count). The molecule has 0 radical (unpaired) electrons. The SMILES string of the molecule is CNC(=O)CNC(=O)c1cc(N)c[nH]1. The maximum Gasteiger partial charge on any atom is 0.268 e. The number of aromatic nitrogens is 1. The summed E-state index contributed by atoms with van der Waals surface area (Å²) in [7, 11) is 1.50. The van der Waals surface area contributed by atoms with Crippen LogP contribution in [-0.4, -0.2) is 30.4 Å². The van der Waals surface area contributed by atoms with Gasteiger partial charge < -0.3 is 21.4 Å². The van der Waals surface area contributed by atoms with Gasteiger partial charge in [-0.05, 0) is 6.07 Å². The molecule has 0 saturated carbocycles. The molecule has 0 spiro atoms. The van der Waals surface area contributed by atoms with Crippen molar-refractivity contribution < 1.29 is 9.59 Å². The molecule has 0 unspecified atom stereocenters. The van der Waals surface area contributed by atoms with Gasteiger partial charge in [-0.1, -0.05) is 0 Å². The Balaban J connectivity index is 2.47. The molecule has 6 nitrogen and oxygen atoms in total. The van der Waals surface area contributed by atoms with Crippen LogP contribution in [0.25, 0.3) is 0 Å². The molecular weight excluding hydrogens is 184 g/mol. The highest BCUT2D eigenvalue weighted by Crippen LogP contribution is 2.03. The van der Waals surface area contributed by atoms with Gasteiger partial charge in [-0.25, -0.2) is 0 Å². The summed E-state index contributed by atoms with van der Waals surface area (Å²) in [6, 6.07) is 1.50. The van der Waals surface area contributed by atoms with Crippen LogP contribution in [0.5, 0.6) is 0 Å². The quantitative estimate of drug-likeness (QED) is 0.502. The fourth-order valence-corrected chi connectivity index (χ4v) is 0.886. The van der Waals surface area contributed by atoms with Gasteiger partial charge in [0.25, 0.3) is 5.91 Å². The molecule has 14 heavy (non-hydrogen) atoms. The number of hydrogen-bond acceptors (Lipinski definition) is 3. The van der Waals surface area contributed by atoms with E-state index in [0.29, 0.717) is 11.4 Å². The number of anilines is 1. The molecule has 1 aromatic rings. The minimum Gasteiger partial charge on any atom is -0.397 e. The predicted molar refractivity (Wildman–Crippen MR) is 51.6 cm³/mol. The van der Waals surface area contributed by atoms with E-state index in [-0.39, 0.29) is 18.4 Å². The zero-order valence-electron chi connectivity index (χ0n) is 7.76. The molecule has 5 N–H and O–H groups in total. The van der Waals surface area contributed by atoms with E-state index in [1.54, 1.807) is 0 Å². The molecule has 0 saturated heterocycles. The molecule has 1 heterocycles. The van der Waals surface area contributed by atoms with Crippen molar-refractivity contribution in [2.75, 3.05) is 19.3 Å². The Hall–Kier alpha value is -1.98. The van der Waals surface area contributed by atoms with Crippen LogP contribution in [0.15, 0.2) is 12.3 Å². The molecule has 0 aliphatic rings. The molecule has 2 amide bonds. The molecular formula is C8H12N4O2. The van der Waals surface area contributed by atoms with E-state index in [4.69, 9.17) is 5.73 Å². The van der Waals surface area contributed by atoms with Crippen LogP contribution >= 0.6 is 0 Å². The number of nitrogen functional groups attached to an aromatic ring is 1. The van der Waals surface area contributed by atoms with Crippen LogP contribution in [0.2, 0.25) is 0 Å². The van der Waals surface area contributed by atoms with Crippen LogP contribution in [0.1, 0.15) is 10.5 Å². The number of rotatable bonds is 3. The number of likely N-dealkylation sites (N-methyl/N-ethyl adjacent to an activating group) is 1. The topological polar surface area (TPSA) is 100 Å². The van der Waals surface area contributed by atoms with Crippen LogP contribution in [0, 0.1) is 0 Å². The van der Waals surface area contributed by atoms with Crippen molar-refractivity contribution >= 4 is 17.5 Å². The maximum absolute atomic E-state index is 11.3. The van der Waals surface area contributed by atoms with Gasteiger partial charge in [-0.15, -0.1) is 0 Å². The van der Waals surface area contributed by atoms with Crippen LogP contribution < -0.4 is 16.4 Å². The Bertz CT molecular complexity index is 345. The van der Waals surface area contributed by atoms with Crippen LogP contribution in [0.3, 0.4) is 0 Å². The summed E-state index contributed by atoms with van der Waals surface area (Å²) >= 11 is 0. The number of carbonyl (C=O) groups is 2. The van der Waals surface area contributed by atoms with Crippen molar-refractivity contribution in [3.05, 3.63) is 18.0 Å². The highest BCUT2D eigenvalue weighted by Gasteiger charge is 2.08. The first-order valence-electron chi connectivity index (χ1n) is 4.06. The smallest absolute Gasteiger partial charge is 0.268 e. The second-order valence-corrected chi connectivity index (χ2v) is 2.70. The minimum absolute atomic E-state index is 0.0474. The summed E-state index contributed by atoms with van der Waals surface area (Å²) in [6.07, 6.45) is 1.51. The lowest BCUT2D eigenvalue weighted by molar-refractivity contribution is -0.119. The number of nitrogens with two attached hydrogens (primary N) is 1. The van der Waals surface area contributed by atoms with Crippen molar-refractivity contribution in [3.8, 4) is 0 Å². The van der Waals surface area contributed by atoms with Gasteiger partial charge in [-0.2, -0.15) is 0 Å². The third kappa shape index (κ3) is 2.51. The number of aromatic amines is 1. The standard InChI is InChI=1S/C8H12N4O2/c1-10-7(13)4-12-8(14)6-2-5(9)3-11-6/h2-3,11H,4,9H2,1H3,(H,10,13)(H,12,14). The fourth-order valence-electron chi connectivity index (χ4n) is 0.886. The molecule has 0 aliphatic heterocycles. The van der Waals surface area contributed by atoms with Gasteiger partial charge in [0.15, 0.2) is 0 Å². The third-order valence-electron chi connectivity index (χ3n) is 1.64. The van der Waals surface area contributed by atoms with Crippen molar-refractivity contribution in [3.63, 3.8) is 0 Å². The van der Waals surface area contributed by atoms with Gasteiger partial charge >= 0.3 is 0 Å². The Morgan fingerprint density at radius 1 is 1.57 bits per heavy atom. The van der Waals surface area contributed by atoms with E-state index in [2.05, 4.69) is 15.6 Å². The predicted octanol–water partition coefficient (Wildman–Crippen LogP) is -0.927. The number of hydrogen-bond donors (Lipinski definition) is 4. The molecule has 0 aliphatic carbocycles. The molecule has 6 heteroatoms. The largest absolute Gasteiger partial charge is 0.397 e. The van der Waals surface area contributed by atoms with E-state index in [9.17, 15) is 9.59 Å². The Morgan fingerprint density at radius 2 is 2.29 bits per heavy atom. The number of H-pyrrole nitrogens is 1. The van der Waals surface area contributed by atoms with E-state index < -0.39 is 0 Å². The average Bonchev–Trinajstić information content (AvgIpc) is 2.60. The van der Waals surface area contributed by atoms with E-state index in [0.717, 1.165) is 0 Å². The van der Waals surface area contributed by atoms with Crippen molar-refractivity contribution in [2.24, 2.45) is 0 Å². The van der Waals surface area contributed by atoms with Gasteiger partial charge in [0.2, 0.25) is 5.91 Å². The average molecular weight is 196 g/mol. The normalized spacial score (nSPS) is 9.50. The summed E-state index contributed by atoms with van der Waals surface area (Å²) in [5, 5.41) is 4.81. The minimum atomic E-state index is -0.356. The van der Waals surface area contributed by atoms with Gasteiger partial charge in [-0.3, -0.25) is 9.59 Å². The first-order chi connectivity index (χ1) is 6.63. The highest BCUT2D eigenvalue weighted by molar-refractivity contribution is 5.95. The van der Waals surface area contributed by atoms with Crippen LogP contribution in [-0.2, 0) is 4.79 Å². The molecule has 0 atom stereocenters. The summed E-state index contributed by atoms with van der Waals surface area (Å²) < 4.78 is 0. The molecule has 0 bridgehead atoms. The second kappa shape index (κ2) is 4.31. The first kappa shape index (κ1) is 10.1. The summed E-state index contributed by atoms with van der Waals surface area (Å²) in [6.45, 7) is -0.0474. The van der Waals surface area contributed by atoms with Gasteiger partial charge in [0.05, 0.1) is 6.54 Å². The Morgan fingerprint density at radius 3 is 2.79 bits per heavy atom. The molecule has 0 fully saturated rings. The zero-order valence-corrected chi connectivity index (χ0v) is 7.76. The first-order valence-corrected chi connectivity index (χ1v) is 4.06. The van der Waals surface area contributed by atoms with Crippen molar-refractivity contribution in [1.29, 1.82) is 0 Å². The van der Waals surface area contributed by atoms with Crippen molar-refractivity contribution in [2.45, 2.75) is 0 Å². The van der Waals surface area contributed by atoms with Gasteiger partial charge in [0.1, 0.15) is 5.69 Å². The number of amides is 2. The summed E-state index contributed by atoms with van der Waals surface area (Å²) in [5.74, 6) is -0.608. The van der Waals surface area contributed by atoms with E-state index in [1.807, 2.05) is 0 Å². The fraction of sp³-hybridized carbons (Fsp3) is 0.250. The van der Waals surface area contributed by atoms with Crippen LogP contribution in [0.4, 0.5) is 5.69 Å². The maximum atomic E-state index is 11.3. The van der Waals surface area contributed by atoms with E-state index >= 15 is 0 Å². The lowest BCUT2D eigenvalue weighted by Gasteiger charge is -2.01. The molecule has 76 valence electrons. The Labute approximate surface area is 80.9 Å². The third-order valence-corrected chi connectivity index (χ3v) is 1.64. The highest BCUT2D eigenvalue weighted by atomic mass is 16.2. The molecule has 0 aromatic carbocycles. The number of carbonyl (C=O) groups excluding carboxylic acids is 2. The summed E-state index contributed by atoms with van der Waals surface area (Å²) in [4.78, 5) is 24.8. The lowest BCUT2D eigenvalue weighted by atomic mass is 10.4. The Kier molecular flexibility index (Phi) is 3.11. The van der Waals surface area contributed by atoms with Crippen molar-refractivity contribution in [1.82, 2.24) is 15.6 Å². The molecule has 1 aromatic heterocycles. The number of nitrogens with one attached hydrogen (secondary N) is 3. The van der Waals surface area contributed by atoms with E-state index in [1.165, 1.54) is 19.3 Å². The zero-order chi connectivity index (χ0) is 10.6. The lowest BCUT2D eigenvalue weighted by Crippen LogP contribution is -2.35. The second-order valence-electron chi connectivity index (χ2n) is 2.70. The monoisotopic (exact) mass is 196 g/mol. The van der Waals surface area contributed by atoms with Gasteiger partial charge in [0, 0.05) is 18.9 Å².